The summed E-state index contributed by atoms with van der Waals surface area (Å²) < 4.78 is 20.4. The number of fused-ring (bicyclic) bond motifs is 1. The van der Waals surface area contributed by atoms with Crippen LogP contribution in [0.2, 0.25) is 0 Å². The molecule has 1 amide bonds. The second-order valence-electron chi connectivity index (χ2n) is 7.58. The molecule has 1 aromatic heterocycles. The third kappa shape index (κ3) is 4.77. The van der Waals surface area contributed by atoms with E-state index >= 15 is 0 Å². The molecule has 0 bridgehead atoms. The minimum absolute atomic E-state index is 0.0516. The fourth-order valence-corrected chi connectivity index (χ4v) is 4.89. The first kappa shape index (κ1) is 22.6. The van der Waals surface area contributed by atoms with Crippen molar-refractivity contribution in [1.29, 1.82) is 0 Å². The Hall–Kier alpha value is -3.60. The molecule has 0 atom stereocenters. The van der Waals surface area contributed by atoms with Gasteiger partial charge in [-0.1, -0.05) is 11.3 Å². The van der Waals surface area contributed by atoms with E-state index < -0.39 is 22.6 Å². The smallest absolute Gasteiger partial charge is 0.325 e. The number of aromatic nitrogens is 1. The first-order chi connectivity index (χ1) is 15.9. The molecule has 1 aliphatic rings. The van der Waals surface area contributed by atoms with Crippen LogP contribution in [0.25, 0.3) is 10.2 Å². The molecule has 0 aliphatic carbocycles. The molecule has 0 saturated carbocycles. The molecule has 0 spiro atoms. The molecule has 0 radical (unpaired) electrons. The predicted molar refractivity (Wildman–Crippen MR) is 121 cm³/mol. The quantitative estimate of drug-likeness (QED) is 0.319. The molecule has 0 unspecified atom stereocenters. The maximum Gasteiger partial charge on any atom is 0.325 e. The number of ether oxygens (including phenoxy) is 1. The van der Waals surface area contributed by atoms with E-state index in [9.17, 15) is 24.1 Å². The average molecular weight is 472 g/mol. The van der Waals surface area contributed by atoms with E-state index in [-0.39, 0.29) is 22.6 Å². The van der Waals surface area contributed by atoms with Gasteiger partial charge in [-0.3, -0.25) is 19.7 Å². The van der Waals surface area contributed by atoms with Crippen molar-refractivity contribution in [3.63, 3.8) is 0 Å². The number of carbonyl (C=O) groups excluding carboxylic acids is 2. The molecular weight excluding hydrogens is 451 g/mol. The van der Waals surface area contributed by atoms with Gasteiger partial charge in [0.2, 0.25) is 0 Å². The molecule has 9 nitrogen and oxygen atoms in total. The van der Waals surface area contributed by atoms with Gasteiger partial charge in [-0.25, -0.2) is 4.39 Å². The van der Waals surface area contributed by atoms with Crippen molar-refractivity contribution >= 4 is 44.8 Å². The summed E-state index contributed by atoms with van der Waals surface area (Å²) >= 11 is 1.04. The van der Waals surface area contributed by atoms with Gasteiger partial charge in [-0.05, 0) is 49.6 Å². The predicted octanol–water partition coefficient (Wildman–Crippen LogP) is 3.65. The molecule has 2 aromatic carbocycles. The van der Waals surface area contributed by atoms with Crippen LogP contribution in [0.15, 0.2) is 41.4 Å². The van der Waals surface area contributed by atoms with Gasteiger partial charge >= 0.3 is 5.97 Å². The number of nitro groups is 1. The zero-order chi connectivity index (χ0) is 23.5. The molecule has 33 heavy (non-hydrogen) atoms. The van der Waals surface area contributed by atoms with Crippen LogP contribution in [-0.2, 0) is 16.1 Å². The number of piperidine rings is 1. The van der Waals surface area contributed by atoms with Crippen molar-refractivity contribution in [2.24, 2.45) is 4.99 Å². The van der Waals surface area contributed by atoms with E-state index in [4.69, 9.17) is 4.74 Å². The fourth-order valence-electron chi connectivity index (χ4n) is 3.84. The maximum absolute atomic E-state index is 13.7. The molecule has 4 rings (SSSR count). The van der Waals surface area contributed by atoms with E-state index in [2.05, 4.69) is 4.99 Å². The summed E-state index contributed by atoms with van der Waals surface area (Å²) in [5.41, 5.74) is 0.897. The lowest BCUT2D eigenvalue weighted by Crippen LogP contribution is -2.30. The zero-order valence-electron chi connectivity index (χ0n) is 17.8. The van der Waals surface area contributed by atoms with Crippen molar-refractivity contribution in [3.05, 3.63) is 62.7 Å². The average Bonchev–Trinajstić information content (AvgIpc) is 3.14. The normalized spacial score (nSPS) is 14.5. The lowest BCUT2D eigenvalue weighted by Gasteiger charge is -2.28. The number of benzene rings is 2. The highest BCUT2D eigenvalue weighted by Crippen LogP contribution is 2.31. The summed E-state index contributed by atoms with van der Waals surface area (Å²) in [6, 6.07) is 8.35. The van der Waals surface area contributed by atoms with Crippen LogP contribution in [0.3, 0.4) is 0 Å². The SMILES string of the molecule is COC(=O)Cn1c(=NC(=O)c2ccc(N3CCCCC3)c([N+](=O)[O-])c2)sc2cc(F)ccc21. The number of halogens is 1. The Morgan fingerprint density at radius 1 is 1.18 bits per heavy atom. The van der Waals surface area contributed by atoms with Crippen LogP contribution in [0.5, 0.6) is 0 Å². The molecule has 1 saturated heterocycles. The van der Waals surface area contributed by atoms with Crippen LogP contribution in [0.1, 0.15) is 29.6 Å². The minimum atomic E-state index is -0.700. The fraction of sp³-hybridized carbons (Fsp3) is 0.318. The van der Waals surface area contributed by atoms with Crippen LogP contribution < -0.4 is 9.70 Å². The van der Waals surface area contributed by atoms with Crippen molar-refractivity contribution < 1.29 is 23.6 Å². The standard InChI is InChI=1S/C22H21FN4O5S/c1-32-20(28)13-26-17-8-6-15(23)12-19(17)33-22(26)24-21(29)14-5-7-16(18(11-14)27(30)31)25-9-3-2-4-10-25/h5-8,11-12H,2-4,9-10,13H2,1H3. The summed E-state index contributed by atoms with van der Waals surface area (Å²) in [4.78, 5) is 42.2. The van der Waals surface area contributed by atoms with Gasteiger partial charge in [0.15, 0.2) is 4.80 Å². The monoisotopic (exact) mass is 472 g/mol. The number of hydrogen-bond acceptors (Lipinski definition) is 7. The van der Waals surface area contributed by atoms with Gasteiger partial charge in [0.05, 0.1) is 22.2 Å². The van der Waals surface area contributed by atoms with Crippen molar-refractivity contribution in [2.75, 3.05) is 25.1 Å². The minimum Gasteiger partial charge on any atom is -0.468 e. The third-order valence-electron chi connectivity index (χ3n) is 5.47. The topological polar surface area (TPSA) is 107 Å². The molecule has 1 aliphatic heterocycles. The molecule has 0 N–H and O–H groups in total. The van der Waals surface area contributed by atoms with Crippen LogP contribution >= 0.6 is 11.3 Å². The van der Waals surface area contributed by atoms with Gasteiger partial charge in [0.25, 0.3) is 11.6 Å². The van der Waals surface area contributed by atoms with Crippen molar-refractivity contribution in [2.45, 2.75) is 25.8 Å². The number of thiazole rings is 1. The van der Waals surface area contributed by atoms with Gasteiger partial charge in [0, 0.05) is 24.7 Å². The van der Waals surface area contributed by atoms with E-state index in [1.54, 1.807) is 6.07 Å². The van der Waals surface area contributed by atoms with Crippen LogP contribution in [-0.4, -0.2) is 41.6 Å². The summed E-state index contributed by atoms with van der Waals surface area (Å²) in [6.45, 7) is 1.23. The summed E-state index contributed by atoms with van der Waals surface area (Å²) in [6.07, 6.45) is 3.00. The molecule has 11 heteroatoms. The number of anilines is 1. The van der Waals surface area contributed by atoms with Gasteiger partial charge in [-0.2, -0.15) is 4.99 Å². The summed E-state index contributed by atoms with van der Waals surface area (Å²) in [5.74, 6) is -1.72. The Labute approximate surface area is 191 Å². The van der Waals surface area contributed by atoms with Crippen molar-refractivity contribution in [3.8, 4) is 0 Å². The van der Waals surface area contributed by atoms with Crippen LogP contribution in [0.4, 0.5) is 15.8 Å². The molecular formula is C22H21FN4O5S. The van der Waals surface area contributed by atoms with Gasteiger partial charge in [0.1, 0.15) is 18.0 Å². The second kappa shape index (κ2) is 9.49. The number of esters is 1. The lowest BCUT2D eigenvalue weighted by atomic mass is 10.1. The highest BCUT2D eigenvalue weighted by molar-refractivity contribution is 7.16. The second-order valence-corrected chi connectivity index (χ2v) is 8.59. The molecule has 1 fully saturated rings. The maximum atomic E-state index is 13.7. The van der Waals surface area contributed by atoms with Crippen LogP contribution in [0, 0.1) is 15.9 Å². The first-order valence-electron chi connectivity index (χ1n) is 10.4. The summed E-state index contributed by atoms with van der Waals surface area (Å²) in [5, 5.41) is 11.7. The first-order valence-corrected chi connectivity index (χ1v) is 11.2. The molecule has 3 aromatic rings. The number of methoxy groups -OCH3 is 1. The van der Waals surface area contributed by atoms with Gasteiger partial charge in [-0.15, -0.1) is 0 Å². The Kier molecular flexibility index (Phi) is 6.50. The molecule has 172 valence electrons. The lowest BCUT2D eigenvalue weighted by molar-refractivity contribution is -0.384. The third-order valence-corrected chi connectivity index (χ3v) is 6.51. The number of rotatable bonds is 5. The number of amides is 1. The Bertz CT molecular complexity index is 1310. The van der Waals surface area contributed by atoms with E-state index in [0.29, 0.717) is 15.9 Å². The van der Waals surface area contributed by atoms with E-state index in [1.807, 2.05) is 4.90 Å². The van der Waals surface area contributed by atoms with E-state index in [1.165, 1.54) is 42.0 Å². The summed E-state index contributed by atoms with van der Waals surface area (Å²) in [7, 11) is 1.24. The Morgan fingerprint density at radius 2 is 1.94 bits per heavy atom. The van der Waals surface area contributed by atoms with E-state index in [0.717, 1.165) is 43.7 Å². The largest absolute Gasteiger partial charge is 0.468 e. The number of hydrogen-bond donors (Lipinski definition) is 0. The number of carbonyl (C=O) groups is 2. The zero-order valence-corrected chi connectivity index (χ0v) is 18.6. The Balaban J connectivity index is 1.76. The number of nitrogens with zero attached hydrogens (tertiary/aromatic N) is 4. The number of nitro benzene ring substituents is 1. The van der Waals surface area contributed by atoms with Gasteiger partial charge < -0.3 is 14.2 Å². The molecule has 2 heterocycles. The highest BCUT2D eigenvalue weighted by atomic mass is 32.1. The van der Waals surface area contributed by atoms with Crippen molar-refractivity contribution in [1.82, 2.24) is 4.57 Å². The Morgan fingerprint density at radius 3 is 2.64 bits per heavy atom. The highest BCUT2D eigenvalue weighted by Gasteiger charge is 2.23.